The van der Waals surface area contributed by atoms with Gasteiger partial charge in [0.05, 0.1) is 28.1 Å². The van der Waals surface area contributed by atoms with E-state index in [1.165, 1.54) is 18.2 Å². The number of aryl methyl sites for hydroxylation is 1. The number of aromatic nitrogens is 2. The fraction of sp³-hybridized carbons (Fsp3) is 0.238. The molecule has 8 heteroatoms. The lowest BCUT2D eigenvalue weighted by Crippen LogP contribution is -2.24. The summed E-state index contributed by atoms with van der Waals surface area (Å²) in [5.41, 5.74) is 3.50. The molecule has 2 aromatic carbocycles. The van der Waals surface area contributed by atoms with Gasteiger partial charge in [0, 0.05) is 30.2 Å². The normalized spacial score (nSPS) is 13.3. The van der Waals surface area contributed by atoms with Crippen LogP contribution in [0.15, 0.2) is 48.7 Å². The molecule has 0 atom stereocenters. The summed E-state index contributed by atoms with van der Waals surface area (Å²) in [4.78, 5) is 23.3. The summed E-state index contributed by atoms with van der Waals surface area (Å²) in [5.74, 6) is -0.143. The third kappa shape index (κ3) is 3.69. The number of carbonyl (C=O) groups is 1. The maximum atomic E-state index is 12.9. The topological polar surface area (TPSA) is 110 Å². The van der Waals surface area contributed by atoms with Crippen molar-refractivity contribution < 1.29 is 14.8 Å². The van der Waals surface area contributed by atoms with Crippen LogP contribution in [0.3, 0.4) is 0 Å². The zero-order valence-electron chi connectivity index (χ0n) is 15.8. The van der Waals surface area contributed by atoms with Crippen LogP contribution < -0.4 is 5.32 Å². The molecule has 1 fully saturated rings. The Morgan fingerprint density at radius 2 is 2.07 bits per heavy atom. The number of nitro benzene ring substituents is 1. The van der Waals surface area contributed by atoms with Crippen molar-refractivity contribution in [3.63, 3.8) is 0 Å². The van der Waals surface area contributed by atoms with Crippen molar-refractivity contribution in [3.05, 3.63) is 81.2 Å². The molecule has 2 N–H and O–H groups in total. The first-order valence-corrected chi connectivity index (χ1v) is 9.34. The average Bonchev–Trinajstić information content (AvgIpc) is 3.45. The lowest BCUT2D eigenvalue weighted by atomic mass is 10.1. The third-order valence-corrected chi connectivity index (χ3v) is 5.07. The SMILES string of the molecule is Cc1ccccc1-n1ncc(C(=O)NCc2cc([N+](=O)[O-])ccc2O)c1C1CC1. The molecule has 1 aliphatic rings. The molecule has 1 aliphatic carbocycles. The van der Waals surface area contributed by atoms with Gasteiger partial charge in [-0.15, -0.1) is 0 Å². The van der Waals surface area contributed by atoms with Crippen LogP contribution in [0.2, 0.25) is 0 Å². The van der Waals surface area contributed by atoms with Gasteiger partial charge in [-0.25, -0.2) is 4.68 Å². The van der Waals surface area contributed by atoms with Crippen molar-refractivity contribution in [2.75, 3.05) is 0 Å². The van der Waals surface area contributed by atoms with Crippen LogP contribution in [0.1, 0.15) is 45.9 Å². The standard InChI is InChI=1S/C21H20N4O4/c1-13-4-2-3-5-18(13)24-20(14-6-7-14)17(12-23-24)21(27)22-11-15-10-16(25(28)29)8-9-19(15)26/h2-5,8-10,12,14,26H,6-7,11H2,1H3,(H,22,27). The summed E-state index contributed by atoms with van der Waals surface area (Å²) in [6.45, 7) is 1.98. The first-order chi connectivity index (χ1) is 14.0. The highest BCUT2D eigenvalue weighted by Crippen LogP contribution is 2.42. The summed E-state index contributed by atoms with van der Waals surface area (Å²) in [6, 6.07) is 11.6. The van der Waals surface area contributed by atoms with Crippen molar-refractivity contribution in [1.82, 2.24) is 15.1 Å². The van der Waals surface area contributed by atoms with Crippen LogP contribution >= 0.6 is 0 Å². The number of nitrogens with one attached hydrogen (secondary N) is 1. The molecule has 0 aliphatic heterocycles. The number of amides is 1. The molecule has 1 amide bonds. The van der Waals surface area contributed by atoms with Crippen LogP contribution in [-0.4, -0.2) is 25.7 Å². The summed E-state index contributed by atoms with van der Waals surface area (Å²) >= 11 is 0. The molecule has 0 unspecified atom stereocenters. The Labute approximate surface area is 166 Å². The summed E-state index contributed by atoms with van der Waals surface area (Å²) in [6.07, 6.45) is 3.57. The number of nitro groups is 1. The molecule has 1 heterocycles. The second kappa shape index (κ2) is 7.38. The van der Waals surface area contributed by atoms with Gasteiger partial charge in [-0.05, 0) is 37.5 Å². The van der Waals surface area contributed by atoms with Crippen molar-refractivity contribution in [1.29, 1.82) is 0 Å². The number of phenolic OH excluding ortho intramolecular Hbond substituents is 1. The molecule has 0 spiro atoms. The molecule has 8 nitrogen and oxygen atoms in total. The first-order valence-electron chi connectivity index (χ1n) is 9.34. The largest absolute Gasteiger partial charge is 0.508 e. The summed E-state index contributed by atoms with van der Waals surface area (Å²) in [5, 5.41) is 28.1. The van der Waals surface area contributed by atoms with Crippen LogP contribution in [-0.2, 0) is 6.54 Å². The monoisotopic (exact) mass is 392 g/mol. The number of carbonyl (C=O) groups excluding carboxylic acids is 1. The molecule has 148 valence electrons. The minimum Gasteiger partial charge on any atom is -0.508 e. The van der Waals surface area contributed by atoms with Gasteiger partial charge in [0.1, 0.15) is 5.75 Å². The first kappa shape index (κ1) is 18.7. The fourth-order valence-corrected chi connectivity index (χ4v) is 3.37. The number of non-ortho nitro benzene ring substituents is 1. The molecular formula is C21H20N4O4. The second-order valence-electron chi connectivity index (χ2n) is 7.17. The third-order valence-electron chi connectivity index (χ3n) is 5.07. The van der Waals surface area contributed by atoms with Crippen LogP contribution in [0.5, 0.6) is 5.75 Å². The number of hydrogen-bond donors (Lipinski definition) is 2. The molecular weight excluding hydrogens is 372 g/mol. The van der Waals surface area contributed by atoms with E-state index in [-0.39, 0.29) is 35.4 Å². The quantitative estimate of drug-likeness (QED) is 0.492. The highest BCUT2D eigenvalue weighted by molar-refractivity contribution is 5.95. The molecule has 29 heavy (non-hydrogen) atoms. The zero-order chi connectivity index (χ0) is 20.5. The Balaban J connectivity index is 1.60. The minimum absolute atomic E-state index is 0.0218. The van der Waals surface area contributed by atoms with Gasteiger partial charge in [-0.3, -0.25) is 14.9 Å². The Kier molecular flexibility index (Phi) is 4.75. The van der Waals surface area contributed by atoms with E-state index in [2.05, 4.69) is 10.4 Å². The predicted molar refractivity (Wildman–Crippen MR) is 106 cm³/mol. The smallest absolute Gasteiger partial charge is 0.270 e. The number of benzene rings is 2. The second-order valence-corrected chi connectivity index (χ2v) is 7.17. The van der Waals surface area contributed by atoms with Crippen molar-refractivity contribution in [2.24, 2.45) is 0 Å². The lowest BCUT2D eigenvalue weighted by Gasteiger charge is -2.12. The van der Waals surface area contributed by atoms with E-state index in [4.69, 9.17) is 0 Å². The Morgan fingerprint density at radius 1 is 1.31 bits per heavy atom. The maximum Gasteiger partial charge on any atom is 0.270 e. The van der Waals surface area contributed by atoms with Crippen molar-refractivity contribution >= 4 is 11.6 Å². The van der Waals surface area contributed by atoms with Gasteiger partial charge < -0.3 is 10.4 Å². The Hall–Kier alpha value is -3.68. The van der Waals surface area contributed by atoms with Crippen molar-refractivity contribution in [2.45, 2.75) is 32.2 Å². The molecule has 3 aromatic rings. The van der Waals surface area contributed by atoms with Gasteiger partial charge >= 0.3 is 0 Å². The fourth-order valence-electron chi connectivity index (χ4n) is 3.37. The van der Waals surface area contributed by atoms with E-state index >= 15 is 0 Å². The average molecular weight is 392 g/mol. The Morgan fingerprint density at radius 3 is 2.76 bits per heavy atom. The van der Waals surface area contributed by atoms with E-state index in [0.29, 0.717) is 5.56 Å². The number of hydrogen-bond acceptors (Lipinski definition) is 5. The Bertz CT molecular complexity index is 1100. The minimum atomic E-state index is -0.539. The number of para-hydroxylation sites is 1. The highest BCUT2D eigenvalue weighted by Gasteiger charge is 2.33. The van der Waals surface area contributed by atoms with Gasteiger partial charge in [0.25, 0.3) is 11.6 Å². The van der Waals surface area contributed by atoms with Gasteiger partial charge in [0.2, 0.25) is 0 Å². The van der Waals surface area contributed by atoms with Crippen LogP contribution in [0, 0.1) is 17.0 Å². The zero-order valence-corrected chi connectivity index (χ0v) is 15.8. The van der Waals surface area contributed by atoms with E-state index in [1.54, 1.807) is 6.20 Å². The molecule has 1 aromatic heterocycles. The maximum absolute atomic E-state index is 12.9. The molecule has 0 bridgehead atoms. The summed E-state index contributed by atoms with van der Waals surface area (Å²) in [7, 11) is 0. The van der Waals surface area contributed by atoms with E-state index in [0.717, 1.165) is 29.8 Å². The number of nitrogens with zero attached hydrogens (tertiary/aromatic N) is 3. The highest BCUT2D eigenvalue weighted by atomic mass is 16.6. The van der Waals surface area contributed by atoms with Crippen LogP contribution in [0.4, 0.5) is 5.69 Å². The van der Waals surface area contributed by atoms with E-state index < -0.39 is 4.92 Å². The molecule has 0 radical (unpaired) electrons. The number of rotatable bonds is 6. The van der Waals surface area contributed by atoms with Gasteiger partial charge in [-0.1, -0.05) is 18.2 Å². The summed E-state index contributed by atoms with van der Waals surface area (Å²) < 4.78 is 1.83. The molecule has 4 rings (SSSR count). The lowest BCUT2D eigenvalue weighted by molar-refractivity contribution is -0.384. The number of phenols is 1. The van der Waals surface area contributed by atoms with Gasteiger partial charge in [0.15, 0.2) is 0 Å². The van der Waals surface area contributed by atoms with E-state index in [9.17, 15) is 20.0 Å². The molecule has 0 saturated heterocycles. The van der Waals surface area contributed by atoms with E-state index in [1.807, 2.05) is 35.9 Å². The number of aromatic hydroxyl groups is 1. The predicted octanol–water partition coefficient (Wildman–Crippen LogP) is 3.60. The molecule has 1 saturated carbocycles. The van der Waals surface area contributed by atoms with Crippen LogP contribution in [0.25, 0.3) is 5.69 Å². The van der Waals surface area contributed by atoms with Gasteiger partial charge in [-0.2, -0.15) is 5.10 Å². The van der Waals surface area contributed by atoms with Crippen molar-refractivity contribution in [3.8, 4) is 11.4 Å².